The van der Waals surface area contributed by atoms with Crippen LogP contribution in [0.15, 0.2) is 48.7 Å². The molecule has 0 aliphatic carbocycles. The van der Waals surface area contributed by atoms with Gasteiger partial charge in [0.05, 0.1) is 30.0 Å². The van der Waals surface area contributed by atoms with E-state index in [-0.39, 0.29) is 6.61 Å². The van der Waals surface area contributed by atoms with Crippen molar-refractivity contribution < 1.29 is 19.1 Å². The van der Waals surface area contributed by atoms with Gasteiger partial charge in [-0.2, -0.15) is 0 Å². The lowest BCUT2D eigenvalue weighted by Gasteiger charge is -2.11. The Morgan fingerprint density at radius 1 is 1.08 bits per heavy atom. The number of benzene rings is 1. The van der Waals surface area contributed by atoms with Gasteiger partial charge in [-0.15, -0.1) is 0 Å². The van der Waals surface area contributed by atoms with Crippen molar-refractivity contribution in [3.8, 4) is 16.9 Å². The number of hydrogen-bond acceptors (Lipinski definition) is 4. The SMILES string of the molecule is CCOC(=O)c1c(-c2ccccc2OCC)c(C=O)n2ccccc12. The predicted octanol–water partition coefficient (Wildman–Crippen LogP) is 3.99. The third-order valence-corrected chi connectivity index (χ3v) is 3.93. The summed E-state index contributed by atoms with van der Waals surface area (Å²) in [4.78, 5) is 24.5. The van der Waals surface area contributed by atoms with E-state index < -0.39 is 5.97 Å². The molecule has 0 fully saturated rings. The van der Waals surface area contributed by atoms with Crippen molar-refractivity contribution in [2.45, 2.75) is 13.8 Å². The van der Waals surface area contributed by atoms with Crippen molar-refractivity contribution in [2.75, 3.05) is 13.2 Å². The van der Waals surface area contributed by atoms with Crippen LogP contribution in [-0.4, -0.2) is 29.9 Å². The second-order valence-electron chi connectivity index (χ2n) is 5.36. The van der Waals surface area contributed by atoms with Crippen LogP contribution in [0.3, 0.4) is 0 Å². The molecule has 0 spiro atoms. The summed E-state index contributed by atoms with van der Waals surface area (Å²) in [5, 5.41) is 0. The number of ether oxygens (including phenoxy) is 2. The van der Waals surface area contributed by atoms with Gasteiger partial charge >= 0.3 is 5.97 Å². The molecule has 5 heteroatoms. The molecule has 3 aromatic rings. The summed E-state index contributed by atoms with van der Waals surface area (Å²) in [7, 11) is 0. The third kappa shape index (κ3) is 2.89. The second-order valence-corrected chi connectivity index (χ2v) is 5.36. The molecule has 0 N–H and O–H groups in total. The molecule has 0 unspecified atom stereocenters. The van der Waals surface area contributed by atoms with E-state index in [1.54, 1.807) is 23.6 Å². The molecule has 0 atom stereocenters. The Bertz CT molecular complexity index is 927. The molecule has 0 aliphatic rings. The van der Waals surface area contributed by atoms with Crippen LogP contribution in [-0.2, 0) is 4.74 Å². The number of hydrogen-bond donors (Lipinski definition) is 0. The number of aromatic nitrogens is 1. The molecular formula is C20H19NO4. The van der Waals surface area contributed by atoms with Crippen LogP contribution in [0.4, 0.5) is 0 Å². The molecule has 5 nitrogen and oxygen atoms in total. The van der Waals surface area contributed by atoms with E-state index in [2.05, 4.69) is 0 Å². The van der Waals surface area contributed by atoms with Crippen LogP contribution in [0.5, 0.6) is 5.75 Å². The van der Waals surface area contributed by atoms with Gasteiger partial charge in [0, 0.05) is 17.3 Å². The summed E-state index contributed by atoms with van der Waals surface area (Å²) in [6.45, 7) is 4.38. The predicted molar refractivity (Wildman–Crippen MR) is 95.3 cm³/mol. The molecule has 128 valence electrons. The van der Waals surface area contributed by atoms with Crippen molar-refractivity contribution in [1.82, 2.24) is 4.40 Å². The maximum absolute atomic E-state index is 12.7. The number of carbonyl (C=O) groups is 2. The van der Waals surface area contributed by atoms with E-state index >= 15 is 0 Å². The number of rotatable bonds is 6. The number of carbonyl (C=O) groups excluding carboxylic acids is 2. The molecular weight excluding hydrogens is 318 g/mol. The average molecular weight is 337 g/mol. The van der Waals surface area contributed by atoms with Gasteiger partial charge in [0.2, 0.25) is 0 Å². The van der Waals surface area contributed by atoms with E-state index in [9.17, 15) is 9.59 Å². The van der Waals surface area contributed by atoms with Crippen molar-refractivity contribution in [3.05, 3.63) is 59.9 Å². The minimum Gasteiger partial charge on any atom is -0.493 e. The van der Waals surface area contributed by atoms with Gasteiger partial charge < -0.3 is 13.9 Å². The van der Waals surface area contributed by atoms with E-state index in [0.29, 0.717) is 40.3 Å². The van der Waals surface area contributed by atoms with Gasteiger partial charge in [-0.25, -0.2) is 4.79 Å². The molecule has 0 bridgehead atoms. The lowest BCUT2D eigenvalue weighted by atomic mass is 9.99. The first-order valence-corrected chi connectivity index (χ1v) is 8.20. The minimum atomic E-state index is -0.458. The maximum atomic E-state index is 12.7. The summed E-state index contributed by atoms with van der Waals surface area (Å²) < 4.78 is 12.7. The summed E-state index contributed by atoms with van der Waals surface area (Å²) in [6.07, 6.45) is 2.52. The number of esters is 1. The molecule has 0 saturated carbocycles. The molecule has 2 aromatic heterocycles. The van der Waals surface area contributed by atoms with Gasteiger partial charge in [0.15, 0.2) is 6.29 Å². The van der Waals surface area contributed by atoms with Gasteiger partial charge in [-0.1, -0.05) is 24.3 Å². The maximum Gasteiger partial charge on any atom is 0.340 e. The number of pyridine rings is 1. The molecule has 25 heavy (non-hydrogen) atoms. The summed E-state index contributed by atoms with van der Waals surface area (Å²) in [6, 6.07) is 12.8. The molecule has 1 aromatic carbocycles. The first-order valence-electron chi connectivity index (χ1n) is 8.20. The summed E-state index contributed by atoms with van der Waals surface area (Å²) in [5.74, 6) is 0.162. The Morgan fingerprint density at radius 3 is 2.56 bits per heavy atom. The fraction of sp³-hybridized carbons (Fsp3) is 0.200. The van der Waals surface area contributed by atoms with Gasteiger partial charge in [-0.05, 0) is 32.0 Å². The molecule has 2 heterocycles. The van der Waals surface area contributed by atoms with E-state index in [0.717, 1.165) is 6.29 Å². The Balaban J connectivity index is 2.39. The van der Waals surface area contributed by atoms with Crippen molar-refractivity contribution in [3.63, 3.8) is 0 Å². The highest BCUT2D eigenvalue weighted by Gasteiger charge is 2.26. The van der Waals surface area contributed by atoms with Crippen LogP contribution in [0.25, 0.3) is 16.6 Å². The zero-order chi connectivity index (χ0) is 17.8. The summed E-state index contributed by atoms with van der Waals surface area (Å²) >= 11 is 0. The first kappa shape index (κ1) is 16.8. The van der Waals surface area contributed by atoms with Crippen LogP contribution in [0.1, 0.15) is 34.7 Å². The largest absolute Gasteiger partial charge is 0.493 e. The first-order chi connectivity index (χ1) is 12.2. The lowest BCUT2D eigenvalue weighted by Crippen LogP contribution is -2.06. The van der Waals surface area contributed by atoms with Crippen LogP contribution >= 0.6 is 0 Å². The second kappa shape index (κ2) is 7.21. The molecule has 0 radical (unpaired) electrons. The smallest absolute Gasteiger partial charge is 0.340 e. The van der Waals surface area contributed by atoms with Crippen LogP contribution < -0.4 is 4.74 Å². The Kier molecular flexibility index (Phi) is 4.84. The van der Waals surface area contributed by atoms with Crippen molar-refractivity contribution >= 4 is 17.8 Å². The average Bonchev–Trinajstić information content (AvgIpc) is 2.97. The van der Waals surface area contributed by atoms with Crippen molar-refractivity contribution in [1.29, 1.82) is 0 Å². The minimum absolute atomic E-state index is 0.256. The fourth-order valence-electron chi connectivity index (χ4n) is 2.99. The highest BCUT2D eigenvalue weighted by atomic mass is 16.5. The van der Waals surface area contributed by atoms with Crippen LogP contribution in [0, 0.1) is 0 Å². The lowest BCUT2D eigenvalue weighted by molar-refractivity contribution is 0.0529. The molecule has 0 aliphatic heterocycles. The van der Waals surface area contributed by atoms with Gasteiger partial charge in [-0.3, -0.25) is 4.79 Å². The zero-order valence-corrected chi connectivity index (χ0v) is 14.2. The molecule has 3 rings (SSSR count). The normalized spacial score (nSPS) is 10.6. The number of aldehydes is 1. The number of nitrogens with zero attached hydrogens (tertiary/aromatic N) is 1. The monoisotopic (exact) mass is 337 g/mol. The van der Waals surface area contributed by atoms with Crippen LogP contribution in [0.2, 0.25) is 0 Å². The van der Waals surface area contributed by atoms with E-state index in [1.807, 2.05) is 43.3 Å². The van der Waals surface area contributed by atoms with E-state index in [4.69, 9.17) is 9.47 Å². The molecule has 0 amide bonds. The standard InChI is InChI=1S/C20H19NO4/c1-3-24-17-11-6-5-9-14(17)18-16(13-22)21-12-8-7-10-15(21)19(18)20(23)25-4-2/h5-13H,3-4H2,1-2H3. The fourth-order valence-corrected chi connectivity index (χ4v) is 2.99. The Morgan fingerprint density at radius 2 is 1.84 bits per heavy atom. The topological polar surface area (TPSA) is 57.0 Å². The highest BCUT2D eigenvalue weighted by molar-refractivity contribution is 6.09. The highest BCUT2D eigenvalue weighted by Crippen LogP contribution is 2.38. The number of para-hydroxylation sites is 1. The van der Waals surface area contributed by atoms with Gasteiger partial charge in [0.1, 0.15) is 5.75 Å². The van der Waals surface area contributed by atoms with E-state index in [1.165, 1.54) is 0 Å². The zero-order valence-electron chi connectivity index (χ0n) is 14.2. The third-order valence-electron chi connectivity index (χ3n) is 3.93. The molecule has 0 saturated heterocycles. The summed E-state index contributed by atoms with van der Waals surface area (Å²) in [5.41, 5.74) is 2.62. The van der Waals surface area contributed by atoms with Gasteiger partial charge in [0.25, 0.3) is 0 Å². The quantitative estimate of drug-likeness (QED) is 0.504. The Hall–Kier alpha value is -3.08. The number of fused-ring (bicyclic) bond motifs is 1. The Labute approximate surface area is 145 Å². The van der Waals surface area contributed by atoms with Crippen molar-refractivity contribution in [2.24, 2.45) is 0 Å².